The van der Waals surface area contributed by atoms with E-state index in [-0.39, 0.29) is 6.03 Å². The molecule has 0 aromatic heterocycles. The zero-order valence-corrected chi connectivity index (χ0v) is 12.1. The van der Waals surface area contributed by atoms with Crippen LogP contribution in [0.1, 0.15) is 11.1 Å². The number of amides is 2. The Hall–Kier alpha value is -2.32. The summed E-state index contributed by atoms with van der Waals surface area (Å²) in [6, 6.07) is 16.2. The summed E-state index contributed by atoms with van der Waals surface area (Å²) in [6.45, 7) is 0.434. The largest absolute Gasteiger partial charge is 0.334 e. The molecular formula is C15H12BrN3O. The Bertz CT molecular complexity index is 664. The van der Waals surface area contributed by atoms with Gasteiger partial charge in [-0.05, 0) is 35.9 Å². The molecule has 0 aliphatic carbocycles. The van der Waals surface area contributed by atoms with Crippen molar-refractivity contribution in [2.45, 2.75) is 6.54 Å². The molecule has 0 spiro atoms. The quantitative estimate of drug-likeness (QED) is 0.902. The molecule has 0 heterocycles. The fourth-order valence-electron chi connectivity index (χ4n) is 1.67. The third-order valence-corrected chi connectivity index (χ3v) is 3.08. The highest BCUT2D eigenvalue weighted by atomic mass is 79.9. The van der Waals surface area contributed by atoms with Crippen molar-refractivity contribution in [1.82, 2.24) is 5.32 Å². The molecule has 0 saturated carbocycles. The van der Waals surface area contributed by atoms with Crippen LogP contribution < -0.4 is 10.6 Å². The maximum absolute atomic E-state index is 11.8. The van der Waals surface area contributed by atoms with E-state index in [0.29, 0.717) is 17.8 Å². The molecule has 0 bridgehead atoms. The first kappa shape index (κ1) is 14.1. The van der Waals surface area contributed by atoms with E-state index in [2.05, 4.69) is 26.6 Å². The summed E-state index contributed by atoms with van der Waals surface area (Å²) < 4.78 is 0.971. The smallest absolute Gasteiger partial charge is 0.319 e. The van der Waals surface area contributed by atoms with Crippen LogP contribution in [0, 0.1) is 11.3 Å². The first-order chi connectivity index (χ1) is 9.67. The zero-order valence-electron chi connectivity index (χ0n) is 10.6. The summed E-state index contributed by atoms with van der Waals surface area (Å²) in [4.78, 5) is 11.8. The number of carbonyl (C=O) groups excluding carboxylic acids is 1. The summed E-state index contributed by atoms with van der Waals surface area (Å²) in [7, 11) is 0. The second kappa shape index (κ2) is 6.73. The Morgan fingerprint density at radius 3 is 2.75 bits per heavy atom. The fraction of sp³-hybridized carbons (Fsp3) is 0.0667. The van der Waals surface area contributed by atoms with E-state index in [1.54, 1.807) is 24.3 Å². The first-order valence-electron chi connectivity index (χ1n) is 5.97. The average Bonchev–Trinajstić information content (AvgIpc) is 2.45. The van der Waals surface area contributed by atoms with Gasteiger partial charge >= 0.3 is 6.03 Å². The topological polar surface area (TPSA) is 64.9 Å². The molecule has 0 radical (unpaired) electrons. The van der Waals surface area contributed by atoms with Crippen LogP contribution in [-0.4, -0.2) is 6.03 Å². The molecular weight excluding hydrogens is 318 g/mol. The van der Waals surface area contributed by atoms with Crippen LogP contribution in [0.5, 0.6) is 0 Å². The van der Waals surface area contributed by atoms with Crippen LogP contribution in [0.25, 0.3) is 0 Å². The molecule has 2 aromatic rings. The Morgan fingerprint density at radius 1 is 1.20 bits per heavy atom. The van der Waals surface area contributed by atoms with E-state index >= 15 is 0 Å². The molecule has 0 fully saturated rings. The second-order valence-electron chi connectivity index (χ2n) is 4.13. The van der Waals surface area contributed by atoms with Gasteiger partial charge in [-0.25, -0.2) is 4.79 Å². The molecule has 20 heavy (non-hydrogen) atoms. The summed E-state index contributed by atoms with van der Waals surface area (Å²) in [5, 5.41) is 14.2. The van der Waals surface area contributed by atoms with Gasteiger partial charge in [0.05, 0.1) is 11.6 Å². The summed E-state index contributed by atoms with van der Waals surface area (Å²) >= 11 is 3.38. The normalized spacial score (nSPS) is 9.60. The van der Waals surface area contributed by atoms with Crippen molar-refractivity contribution < 1.29 is 4.79 Å². The molecule has 0 unspecified atom stereocenters. The molecule has 2 aromatic carbocycles. The van der Waals surface area contributed by atoms with Crippen molar-refractivity contribution in [3.05, 3.63) is 64.1 Å². The summed E-state index contributed by atoms with van der Waals surface area (Å²) in [5.41, 5.74) is 2.10. The number of rotatable bonds is 3. The number of nitriles is 1. The predicted molar refractivity (Wildman–Crippen MR) is 81.2 cm³/mol. The lowest BCUT2D eigenvalue weighted by Crippen LogP contribution is -2.28. The van der Waals surface area contributed by atoms with Gasteiger partial charge in [0.25, 0.3) is 0 Å². The van der Waals surface area contributed by atoms with Crippen molar-refractivity contribution in [3.8, 4) is 6.07 Å². The van der Waals surface area contributed by atoms with Crippen LogP contribution in [0.3, 0.4) is 0 Å². The van der Waals surface area contributed by atoms with Gasteiger partial charge in [0.2, 0.25) is 0 Å². The highest BCUT2D eigenvalue weighted by Gasteiger charge is 2.02. The molecule has 0 atom stereocenters. The third-order valence-electron chi connectivity index (χ3n) is 2.59. The molecule has 100 valence electrons. The monoisotopic (exact) mass is 329 g/mol. The van der Waals surface area contributed by atoms with Gasteiger partial charge in [-0.15, -0.1) is 0 Å². The fourth-order valence-corrected chi connectivity index (χ4v) is 2.12. The van der Waals surface area contributed by atoms with E-state index < -0.39 is 0 Å². The number of carbonyl (C=O) groups is 1. The van der Waals surface area contributed by atoms with Crippen LogP contribution in [-0.2, 0) is 6.54 Å². The van der Waals surface area contributed by atoms with Crippen LogP contribution in [0.4, 0.5) is 10.5 Å². The second-order valence-corrected chi connectivity index (χ2v) is 5.05. The molecule has 0 saturated heterocycles. The summed E-state index contributed by atoms with van der Waals surface area (Å²) in [6.07, 6.45) is 0. The lowest BCUT2D eigenvalue weighted by atomic mass is 10.2. The van der Waals surface area contributed by atoms with Gasteiger partial charge in [-0.1, -0.05) is 34.1 Å². The van der Waals surface area contributed by atoms with E-state index in [4.69, 9.17) is 5.26 Å². The van der Waals surface area contributed by atoms with Crippen molar-refractivity contribution in [1.29, 1.82) is 5.26 Å². The van der Waals surface area contributed by atoms with Crippen LogP contribution in [0.2, 0.25) is 0 Å². The minimum atomic E-state index is -0.305. The number of hydrogen-bond acceptors (Lipinski definition) is 2. The number of halogens is 1. The number of nitrogens with zero attached hydrogens (tertiary/aromatic N) is 1. The number of nitrogens with one attached hydrogen (secondary N) is 2. The van der Waals surface area contributed by atoms with Crippen molar-refractivity contribution in [2.75, 3.05) is 5.32 Å². The van der Waals surface area contributed by atoms with Gasteiger partial charge in [0, 0.05) is 16.7 Å². The lowest BCUT2D eigenvalue weighted by molar-refractivity contribution is 0.251. The predicted octanol–water partition coefficient (Wildman–Crippen LogP) is 3.64. The van der Waals surface area contributed by atoms with Crippen LogP contribution >= 0.6 is 15.9 Å². The third kappa shape index (κ3) is 4.11. The van der Waals surface area contributed by atoms with Crippen molar-refractivity contribution in [2.24, 2.45) is 0 Å². The van der Waals surface area contributed by atoms with E-state index in [1.807, 2.05) is 30.3 Å². The first-order valence-corrected chi connectivity index (χ1v) is 6.76. The van der Waals surface area contributed by atoms with Gasteiger partial charge in [0.1, 0.15) is 0 Å². The Morgan fingerprint density at radius 2 is 2.00 bits per heavy atom. The minimum absolute atomic E-state index is 0.305. The Kier molecular flexibility index (Phi) is 4.75. The number of benzene rings is 2. The van der Waals surface area contributed by atoms with Crippen molar-refractivity contribution >= 4 is 27.6 Å². The number of anilines is 1. The maximum Gasteiger partial charge on any atom is 0.319 e. The highest BCUT2D eigenvalue weighted by molar-refractivity contribution is 9.10. The Balaban J connectivity index is 1.91. The van der Waals surface area contributed by atoms with E-state index in [0.717, 1.165) is 10.0 Å². The highest BCUT2D eigenvalue weighted by Crippen LogP contribution is 2.12. The molecule has 2 N–H and O–H groups in total. The lowest BCUT2D eigenvalue weighted by Gasteiger charge is -2.08. The van der Waals surface area contributed by atoms with E-state index in [9.17, 15) is 4.79 Å². The zero-order chi connectivity index (χ0) is 14.4. The van der Waals surface area contributed by atoms with Crippen LogP contribution in [0.15, 0.2) is 53.0 Å². The molecule has 4 nitrogen and oxygen atoms in total. The molecule has 5 heteroatoms. The number of hydrogen-bond donors (Lipinski definition) is 2. The molecule has 2 rings (SSSR count). The summed E-state index contributed by atoms with van der Waals surface area (Å²) in [5.74, 6) is 0. The van der Waals surface area contributed by atoms with Gasteiger partial charge in [-0.2, -0.15) is 5.26 Å². The van der Waals surface area contributed by atoms with Crippen molar-refractivity contribution in [3.63, 3.8) is 0 Å². The average molecular weight is 330 g/mol. The SMILES string of the molecule is N#Cc1cccc(NC(=O)NCc2cccc(Br)c2)c1. The minimum Gasteiger partial charge on any atom is -0.334 e. The van der Waals surface area contributed by atoms with E-state index in [1.165, 1.54) is 0 Å². The maximum atomic E-state index is 11.8. The van der Waals surface area contributed by atoms with Gasteiger partial charge in [-0.3, -0.25) is 0 Å². The standard InChI is InChI=1S/C15H12BrN3O/c16-13-5-1-4-12(7-13)10-18-15(20)19-14-6-2-3-11(8-14)9-17/h1-8H,10H2,(H2,18,19,20). The molecule has 0 aliphatic rings. The molecule has 2 amide bonds. The Labute approximate surface area is 125 Å². The van der Waals surface area contributed by atoms with Gasteiger partial charge in [0.15, 0.2) is 0 Å². The molecule has 0 aliphatic heterocycles. The number of urea groups is 1. The van der Waals surface area contributed by atoms with Gasteiger partial charge < -0.3 is 10.6 Å².